The van der Waals surface area contributed by atoms with Gasteiger partial charge in [0.15, 0.2) is 10.8 Å². The zero-order valence-electron chi connectivity index (χ0n) is 17.3. The minimum absolute atomic E-state index is 0.0751. The van der Waals surface area contributed by atoms with E-state index in [1.165, 1.54) is 24.3 Å². The molecule has 34 heavy (non-hydrogen) atoms. The van der Waals surface area contributed by atoms with E-state index in [1.54, 1.807) is 0 Å². The number of carboxylic acids is 1. The third-order valence-corrected chi connectivity index (χ3v) is 6.78. The van der Waals surface area contributed by atoms with Crippen LogP contribution < -0.4 is 16.4 Å². The molecule has 4 amide bonds. The molecular weight excluding hydrogens is 516 g/mol. The van der Waals surface area contributed by atoms with Crippen molar-refractivity contribution in [1.29, 1.82) is 0 Å². The Balaban J connectivity index is 1.75. The number of aromatic nitrogens is 1. The van der Waals surface area contributed by atoms with E-state index in [0.717, 1.165) is 16.2 Å². The van der Waals surface area contributed by atoms with E-state index in [9.17, 15) is 29.1 Å². The van der Waals surface area contributed by atoms with Crippen molar-refractivity contribution in [1.82, 2.24) is 15.2 Å². The number of nitrogens with one attached hydrogen (secondary N) is 2. The van der Waals surface area contributed by atoms with Gasteiger partial charge in [0.05, 0.1) is 0 Å². The first-order valence-corrected chi connectivity index (χ1v) is 11.7. The normalized spacial score (nSPS) is 19.6. The number of rotatable bonds is 9. The highest BCUT2D eigenvalue weighted by Crippen LogP contribution is 2.40. The first kappa shape index (κ1) is 25.3. The number of carbonyl (C=O) groups excluding carboxylic acids is 4. The maximum Gasteiger partial charge on any atom is 0.404 e. The molecule has 0 saturated carbocycles. The molecule has 3 rings (SSSR count). The molecule has 2 atom stereocenters. The minimum atomic E-state index is -1.39. The molecule has 0 radical (unpaired) electrons. The van der Waals surface area contributed by atoms with Crippen LogP contribution in [0.15, 0.2) is 21.8 Å². The first-order chi connectivity index (χ1) is 16.2. The molecule has 0 aliphatic carbocycles. The van der Waals surface area contributed by atoms with Gasteiger partial charge in [0.2, 0.25) is 5.91 Å². The fourth-order valence-corrected chi connectivity index (χ4v) is 5.16. The Kier molecular flexibility index (Phi) is 7.95. The fourth-order valence-electron chi connectivity index (χ4n) is 3.05. The number of fused-ring (bicyclic) bond motifs is 1. The van der Waals surface area contributed by atoms with Crippen LogP contribution in [0.1, 0.15) is 5.69 Å². The summed E-state index contributed by atoms with van der Waals surface area (Å²) in [7, 11) is 1.21. The van der Waals surface area contributed by atoms with Gasteiger partial charge in [-0.05, 0) is 0 Å². The van der Waals surface area contributed by atoms with Crippen molar-refractivity contribution >= 4 is 75.3 Å². The van der Waals surface area contributed by atoms with Gasteiger partial charge in [0.1, 0.15) is 42.4 Å². The van der Waals surface area contributed by atoms with Crippen molar-refractivity contribution in [3.63, 3.8) is 0 Å². The summed E-state index contributed by atoms with van der Waals surface area (Å²) in [5.74, 6) is -3.51. The van der Waals surface area contributed by atoms with E-state index >= 15 is 0 Å². The van der Waals surface area contributed by atoms with E-state index in [0.29, 0.717) is 0 Å². The summed E-state index contributed by atoms with van der Waals surface area (Å²) < 4.78 is 4.66. The van der Waals surface area contributed by atoms with E-state index in [4.69, 9.17) is 22.2 Å². The number of amides is 4. The molecule has 2 aliphatic rings. The topological polar surface area (TPSA) is 203 Å². The van der Waals surface area contributed by atoms with Crippen LogP contribution in [0.25, 0.3) is 0 Å². The quantitative estimate of drug-likeness (QED) is 0.139. The molecule has 2 aliphatic heterocycles. The standard InChI is InChI=1S/C17H17ClN6O8S2/c1-31-23-9(7-5-34-17(20-7)21-8(25)2-18)12(26)22-10-13(27)24-11(15(28)29)6(3-32-16(19)30)4-33-14(10)24/h5,10,14H,2-4H2,1H3,(H2,19,30)(H,22,26)(H,28,29)(H,20,21,25)/t10?,14-/m1/s1. The number of hydrogen-bond donors (Lipinski definition) is 4. The largest absolute Gasteiger partial charge is 0.477 e. The summed E-state index contributed by atoms with van der Waals surface area (Å²) in [4.78, 5) is 69.4. The van der Waals surface area contributed by atoms with Crippen LogP contribution in [0, 0.1) is 0 Å². The summed E-state index contributed by atoms with van der Waals surface area (Å²) in [6, 6.07) is -1.05. The summed E-state index contributed by atoms with van der Waals surface area (Å²) in [6.07, 6.45) is -1.08. The molecule has 17 heteroatoms. The van der Waals surface area contributed by atoms with Gasteiger partial charge in [0.25, 0.3) is 11.8 Å². The van der Waals surface area contributed by atoms with Gasteiger partial charge in [0, 0.05) is 16.7 Å². The highest BCUT2D eigenvalue weighted by atomic mass is 35.5. The van der Waals surface area contributed by atoms with Crippen LogP contribution in [0.5, 0.6) is 0 Å². The van der Waals surface area contributed by atoms with Crippen LogP contribution in [0.4, 0.5) is 9.93 Å². The average molecular weight is 533 g/mol. The number of nitrogens with zero attached hydrogens (tertiary/aromatic N) is 3. The molecule has 1 aromatic heterocycles. The lowest BCUT2D eigenvalue weighted by molar-refractivity contribution is -0.150. The Morgan fingerprint density at radius 1 is 1.41 bits per heavy atom. The maximum atomic E-state index is 12.9. The van der Waals surface area contributed by atoms with Gasteiger partial charge in [-0.2, -0.15) is 0 Å². The van der Waals surface area contributed by atoms with Gasteiger partial charge in [-0.15, -0.1) is 34.7 Å². The number of nitrogens with two attached hydrogens (primary N) is 1. The van der Waals surface area contributed by atoms with E-state index in [-0.39, 0.29) is 46.0 Å². The van der Waals surface area contributed by atoms with E-state index in [2.05, 4.69) is 25.5 Å². The number of carboxylic acid groups (broad SMARTS) is 1. The number of ether oxygens (including phenoxy) is 1. The minimum Gasteiger partial charge on any atom is -0.477 e. The maximum absolute atomic E-state index is 12.9. The Morgan fingerprint density at radius 2 is 2.15 bits per heavy atom. The monoisotopic (exact) mass is 532 g/mol. The number of carbonyl (C=O) groups is 5. The molecule has 1 unspecified atom stereocenters. The van der Waals surface area contributed by atoms with Crippen LogP contribution in [0.2, 0.25) is 0 Å². The lowest BCUT2D eigenvalue weighted by Crippen LogP contribution is -2.71. The molecule has 5 N–H and O–H groups in total. The van der Waals surface area contributed by atoms with Gasteiger partial charge in [-0.25, -0.2) is 14.6 Å². The second kappa shape index (κ2) is 10.7. The molecular formula is C17H17ClN6O8S2. The van der Waals surface area contributed by atoms with Crippen LogP contribution in [-0.2, 0) is 28.8 Å². The van der Waals surface area contributed by atoms with Gasteiger partial charge in [-0.3, -0.25) is 19.3 Å². The summed E-state index contributed by atoms with van der Waals surface area (Å²) in [6.45, 7) is -0.380. The van der Waals surface area contributed by atoms with E-state index < -0.39 is 41.2 Å². The number of anilines is 1. The third kappa shape index (κ3) is 5.23. The van der Waals surface area contributed by atoms with Crippen molar-refractivity contribution in [2.24, 2.45) is 10.9 Å². The number of halogens is 1. The van der Waals surface area contributed by atoms with Gasteiger partial charge >= 0.3 is 12.1 Å². The van der Waals surface area contributed by atoms with Gasteiger partial charge < -0.3 is 31.0 Å². The van der Waals surface area contributed by atoms with Crippen molar-refractivity contribution in [3.05, 3.63) is 22.3 Å². The summed E-state index contributed by atoms with van der Waals surface area (Å²) >= 11 is 7.64. The molecule has 3 heterocycles. The Hall–Kier alpha value is -3.37. The number of thiazole rings is 1. The SMILES string of the molecule is CON=C(C(=O)NC1C(=O)N2C(C(=O)O)=C(COC(N)=O)CS[C@H]12)c1csc(NC(=O)CCl)n1. The molecule has 1 saturated heterocycles. The summed E-state index contributed by atoms with van der Waals surface area (Å²) in [5, 5.41) is 19.1. The molecule has 1 aromatic rings. The molecule has 0 aromatic carbocycles. The van der Waals surface area contributed by atoms with Crippen LogP contribution in [0.3, 0.4) is 0 Å². The van der Waals surface area contributed by atoms with Crippen LogP contribution >= 0.6 is 34.7 Å². The third-order valence-electron chi connectivity index (χ3n) is 4.44. The highest BCUT2D eigenvalue weighted by Gasteiger charge is 2.54. The molecule has 0 bridgehead atoms. The number of alkyl halides is 1. The average Bonchev–Trinajstić information content (AvgIpc) is 3.26. The van der Waals surface area contributed by atoms with Gasteiger partial charge in [-0.1, -0.05) is 5.16 Å². The number of primary amides is 1. The van der Waals surface area contributed by atoms with Crippen molar-refractivity contribution in [3.8, 4) is 0 Å². The fraction of sp³-hybridized carbons (Fsp3) is 0.353. The first-order valence-electron chi connectivity index (χ1n) is 9.23. The van der Waals surface area contributed by atoms with Crippen molar-refractivity contribution < 1.29 is 38.7 Å². The van der Waals surface area contributed by atoms with Crippen molar-refractivity contribution in [2.75, 3.05) is 30.7 Å². The Labute approximate surface area is 204 Å². The second-order valence-corrected chi connectivity index (χ2v) is 8.80. The molecule has 14 nitrogen and oxygen atoms in total. The number of hydrogen-bond acceptors (Lipinski definition) is 11. The zero-order chi connectivity index (χ0) is 25.0. The van der Waals surface area contributed by atoms with E-state index in [1.807, 2.05) is 0 Å². The highest BCUT2D eigenvalue weighted by molar-refractivity contribution is 8.00. The second-order valence-electron chi connectivity index (χ2n) is 6.57. The number of β-lactam (4-membered cyclic amide) rings is 1. The lowest BCUT2D eigenvalue weighted by atomic mass is 10.0. The molecule has 0 spiro atoms. The number of oxime groups is 1. The zero-order valence-corrected chi connectivity index (χ0v) is 19.7. The number of aliphatic carboxylic acids is 1. The smallest absolute Gasteiger partial charge is 0.404 e. The van der Waals surface area contributed by atoms with Crippen LogP contribution in [-0.4, -0.2) is 87.3 Å². The summed E-state index contributed by atoms with van der Waals surface area (Å²) in [5.41, 5.74) is 4.61. The number of thioether (sulfide) groups is 1. The Morgan fingerprint density at radius 3 is 2.76 bits per heavy atom. The Bertz CT molecular complexity index is 1110. The predicted molar refractivity (Wildman–Crippen MR) is 120 cm³/mol. The predicted octanol–water partition coefficient (Wildman–Crippen LogP) is -0.495. The lowest BCUT2D eigenvalue weighted by Gasteiger charge is -2.49. The molecule has 182 valence electrons. The molecule has 1 fully saturated rings. The van der Waals surface area contributed by atoms with Crippen molar-refractivity contribution in [2.45, 2.75) is 11.4 Å².